The first kappa shape index (κ1) is 13.9. The van der Waals surface area contributed by atoms with Crippen molar-refractivity contribution in [3.05, 3.63) is 29.8 Å². The average molecular weight is 274 g/mol. The van der Waals surface area contributed by atoms with Crippen LogP contribution in [0.5, 0.6) is 5.75 Å². The smallest absolute Gasteiger partial charge is 0.120 e. The Bertz CT molecular complexity index is 442. The Labute approximate surface area is 122 Å². The molecule has 0 bridgehead atoms. The lowest BCUT2D eigenvalue weighted by Gasteiger charge is -2.36. The van der Waals surface area contributed by atoms with E-state index in [1.807, 2.05) is 18.2 Å². The molecule has 0 aliphatic carbocycles. The summed E-state index contributed by atoms with van der Waals surface area (Å²) < 4.78 is 0. The summed E-state index contributed by atoms with van der Waals surface area (Å²) in [5.74, 6) is 0.449. The van der Waals surface area contributed by atoms with Crippen molar-refractivity contribution in [2.75, 3.05) is 13.1 Å². The van der Waals surface area contributed by atoms with Crippen LogP contribution >= 0.6 is 0 Å². The summed E-state index contributed by atoms with van der Waals surface area (Å²) in [6.45, 7) is 4.56. The predicted molar refractivity (Wildman–Crippen MR) is 81.9 cm³/mol. The normalized spacial score (nSPS) is 28.9. The summed E-state index contributed by atoms with van der Waals surface area (Å²) in [7, 11) is 0. The molecule has 1 aromatic rings. The number of hydrogen-bond donors (Lipinski definition) is 2. The molecule has 20 heavy (non-hydrogen) atoms. The van der Waals surface area contributed by atoms with E-state index in [4.69, 9.17) is 0 Å². The van der Waals surface area contributed by atoms with Crippen LogP contribution in [0.2, 0.25) is 0 Å². The third kappa shape index (κ3) is 2.57. The number of rotatable bonds is 4. The van der Waals surface area contributed by atoms with Crippen LogP contribution < -0.4 is 5.32 Å². The second-order valence-corrected chi connectivity index (χ2v) is 6.13. The number of aromatic hydroxyl groups is 1. The molecule has 110 valence electrons. The third-order valence-electron chi connectivity index (χ3n) is 4.99. The Balaban J connectivity index is 1.82. The molecule has 0 aromatic heterocycles. The monoisotopic (exact) mass is 274 g/mol. The maximum absolute atomic E-state index is 10.2. The first-order chi connectivity index (χ1) is 9.81. The van der Waals surface area contributed by atoms with Crippen LogP contribution in [-0.4, -0.2) is 35.2 Å². The molecule has 2 saturated heterocycles. The van der Waals surface area contributed by atoms with Crippen molar-refractivity contribution in [1.29, 1.82) is 0 Å². The van der Waals surface area contributed by atoms with Gasteiger partial charge in [-0.3, -0.25) is 4.90 Å². The highest BCUT2D eigenvalue weighted by atomic mass is 16.3. The predicted octanol–water partition coefficient (Wildman–Crippen LogP) is 3.06. The maximum Gasteiger partial charge on any atom is 0.120 e. The van der Waals surface area contributed by atoms with Gasteiger partial charge in [0, 0.05) is 23.7 Å². The Morgan fingerprint density at radius 2 is 2.15 bits per heavy atom. The lowest BCUT2D eigenvalue weighted by Crippen LogP contribution is -2.45. The highest BCUT2D eigenvalue weighted by Gasteiger charge is 2.37. The molecule has 0 spiro atoms. The van der Waals surface area contributed by atoms with Crippen molar-refractivity contribution >= 4 is 0 Å². The lowest BCUT2D eigenvalue weighted by molar-refractivity contribution is 0.146. The summed E-state index contributed by atoms with van der Waals surface area (Å²) in [6.07, 6.45) is 6.25. The van der Waals surface area contributed by atoms with Crippen LogP contribution in [0, 0.1) is 0 Å². The van der Waals surface area contributed by atoms with Crippen molar-refractivity contribution in [2.45, 2.75) is 57.2 Å². The minimum atomic E-state index is 0.353. The van der Waals surface area contributed by atoms with Gasteiger partial charge in [0.05, 0.1) is 0 Å². The van der Waals surface area contributed by atoms with Gasteiger partial charge < -0.3 is 10.4 Å². The van der Waals surface area contributed by atoms with E-state index in [1.165, 1.54) is 32.2 Å². The molecule has 2 fully saturated rings. The number of phenolic OH excluding ortho intramolecular Hbond substituents is 1. The van der Waals surface area contributed by atoms with Crippen LogP contribution in [0.15, 0.2) is 24.3 Å². The molecule has 2 aliphatic rings. The van der Waals surface area contributed by atoms with Crippen molar-refractivity contribution < 1.29 is 5.11 Å². The van der Waals surface area contributed by atoms with Crippen molar-refractivity contribution in [3.63, 3.8) is 0 Å². The van der Waals surface area contributed by atoms with E-state index >= 15 is 0 Å². The first-order valence-electron chi connectivity index (χ1n) is 8.08. The van der Waals surface area contributed by atoms with E-state index in [0.29, 0.717) is 23.9 Å². The molecule has 0 amide bonds. The zero-order valence-corrected chi connectivity index (χ0v) is 12.4. The fourth-order valence-corrected chi connectivity index (χ4v) is 4.08. The van der Waals surface area contributed by atoms with Gasteiger partial charge in [0.25, 0.3) is 0 Å². The maximum atomic E-state index is 10.2. The molecule has 0 radical (unpaired) electrons. The Morgan fingerprint density at radius 3 is 2.85 bits per heavy atom. The number of nitrogens with one attached hydrogen (secondary N) is 1. The zero-order chi connectivity index (χ0) is 13.9. The van der Waals surface area contributed by atoms with Crippen molar-refractivity contribution in [1.82, 2.24) is 10.2 Å². The van der Waals surface area contributed by atoms with Gasteiger partial charge in [-0.25, -0.2) is 0 Å². The lowest BCUT2D eigenvalue weighted by atomic mass is 9.97. The van der Waals surface area contributed by atoms with Crippen molar-refractivity contribution in [3.8, 4) is 5.75 Å². The van der Waals surface area contributed by atoms with Gasteiger partial charge in [-0.1, -0.05) is 25.1 Å². The van der Waals surface area contributed by atoms with E-state index < -0.39 is 0 Å². The number of phenols is 1. The first-order valence-corrected chi connectivity index (χ1v) is 8.08. The van der Waals surface area contributed by atoms with Crippen LogP contribution in [0.3, 0.4) is 0 Å². The standard InChI is InChI=1S/C17H26N2O/c1-2-15(13-7-3-4-10-17(13)20)19-12-6-9-16(19)14-8-5-11-18-14/h3-4,7,10,14-16,18,20H,2,5-6,8-9,11-12H2,1H3. The second kappa shape index (κ2) is 6.15. The summed E-state index contributed by atoms with van der Waals surface area (Å²) in [6, 6.07) is 9.49. The van der Waals surface area contributed by atoms with Gasteiger partial charge in [-0.2, -0.15) is 0 Å². The molecule has 2 heterocycles. The van der Waals surface area contributed by atoms with Gasteiger partial charge in [-0.05, 0) is 51.3 Å². The molecule has 1 aromatic carbocycles. The Kier molecular flexibility index (Phi) is 4.27. The van der Waals surface area contributed by atoms with Gasteiger partial charge in [-0.15, -0.1) is 0 Å². The van der Waals surface area contributed by atoms with E-state index in [-0.39, 0.29) is 0 Å². The number of hydrogen-bond acceptors (Lipinski definition) is 3. The minimum absolute atomic E-state index is 0.353. The summed E-state index contributed by atoms with van der Waals surface area (Å²) in [5.41, 5.74) is 1.10. The second-order valence-electron chi connectivity index (χ2n) is 6.13. The number of benzene rings is 1. The van der Waals surface area contributed by atoms with E-state index in [1.54, 1.807) is 0 Å². The van der Waals surface area contributed by atoms with Gasteiger partial charge in [0.1, 0.15) is 5.75 Å². The summed E-state index contributed by atoms with van der Waals surface area (Å²) in [4.78, 5) is 2.64. The Morgan fingerprint density at radius 1 is 1.30 bits per heavy atom. The largest absolute Gasteiger partial charge is 0.508 e. The van der Waals surface area contributed by atoms with E-state index in [0.717, 1.165) is 18.5 Å². The van der Waals surface area contributed by atoms with Crippen LogP contribution in [0.25, 0.3) is 0 Å². The average Bonchev–Trinajstić information content (AvgIpc) is 3.11. The van der Waals surface area contributed by atoms with Gasteiger partial charge >= 0.3 is 0 Å². The van der Waals surface area contributed by atoms with Crippen molar-refractivity contribution in [2.24, 2.45) is 0 Å². The topological polar surface area (TPSA) is 35.5 Å². The summed E-state index contributed by atoms with van der Waals surface area (Å²) in [5, 5.41) is 13.9. The highest BCUT2D eigenvalue weighted by molar-refractivity contribution is 5.34. The van der Waals surface area contributed by atoms with Crippen LogP contribution in [-0.2, 0) is 0 Å². The third-order valence-corrected chi connectivity index (χ3v) is 4.99. The SMILES string of the molecule is CCC(c1ccccc1O)N1CCCC1C1CCCN1. The quantitative estimate of drug-likeness (QED) is 0.886. The molecule has 3 rings (SSSR count). The molecular formula is C17H26N2O. The summed E-state index contributed by atoms with van der Waals surface area (Å²) >= 11 is 0. The molecule has 2 aliphatic heterocycles. The molecular weight excluding hydrogens is 248 g/mol. The molecule has 3 unspecified atom stereocenters. The Hall–Kier alpha value is -1.06. The number of para-hydroxylation sites is 1. The number of likely N-dealkylation sites (tertiary alicyclic amines) is 1. The van der Waals surface area contributed by atoms with Crippen LogP contribution in [0.1, 0.15) is 50.6 Å². The minimum Gasteiger partial charge on any atom is -0.508 e. The fraction of sp³-hybridized carbons (Fsp3) is 0.647. The molecule has 2 N–H and O–H groups in total. The van der Waals surface area contributed by atoms with E-state index in [2.05, 4.69) is 23.2 Å². The van der Waals surface area contributed by atoms with E-state index in [9.17, 15) is 5.11 Å². The number of nitrogens with zero attached hydrogens (tertiary/aromatic N) is 1. The molecule has 3 atom stereocenters. The van der Waals surface area contributed by atoms with Gasteiger partial charge in [0.15, 0.2) is 0 Å². The zero-order valence-electron chi connectivity index (χ0n) is 12.4. The highest BCUT2D eigenvalue weighted by Crippen LogP contribution is 2.37. The molecule has 0 saturated carbocycles. The van der Waals surface area contributed by atoms with Crippen LogP contribution in [0.4, 0.5) is 0 Å². The fourth-order valence-electron chi connectivity index (χ4n) is 4.08. The molecule has 3 heteroatoms. The molecule has 3 nitrogen and oxygen atoms in total. The van der Waals surface area contributed by atoms with Gasteiger partial charge in [0.2, 0.25) is 0 Å².